The molecule has 14 heavy (non-hydrogen) atoms. The smallest absolute Gasteiger partial charge is 0.127 e. The quantitative estimate of drug-likeness (QED) is 0.692. The molecule has 0 fully saturated rings. The Morgan fingerprint density at radius 2 is 2.36 bits per heavy atom. The zero-order valence-electron chi connectivity index (χ0n) is 7.79. The summed E-state index contributed by atoms with van der Waals surface area (Å²) in [5, 5.41) is 0. The number of benzene rings is 1. The maximum Gasteiger partial charge on any atom is 0.127 e. The Morgan fingerprint density at radius 1 is 1.57 bits per heavy atom. The van der Waals surface area contributed by atoms with E-state index in [0.29, 0.717) is 18.8 Å². The highest BCUT2D eigenvalue weighted by Gasteiger charge is 2.31. The van der Waals surface area contributed by atoms with Gasteiger partial charge in [0.15, 0.2) is 0 Å². The summed E-state index contributed by atoms with van der Waals surface area (Å²) in [5.74, 6) is 0.218. The van der Waals surface area contributed by atoms with Crippen LogP contribution in [0.1, 0.15) is 12.0 Å². The monoisotopic (exact) mass is 193 g/mol. The minimum absolute atomic E-state index is 0.308. The Kier molecular flexibility index (Phi) is 2.04. The molecule has 1 heterocycles. The van der Waals surface area contributed by atoms with Crippen molar-refractivity contribution in [2.75, 3.05) is 6.61 Å². The lowest BCUT2D eigenvalue weighted by molar-refractivity contribution is 0.240. The third-order valence-electron chi connectivity index (χ3n) is 2.58. The lowest BCUT2D eigenvalue weighted by Gasteiger charge is -2.32. The van der Waals surface area contributed by atoms with E-state index in [9.17, 15) is 4.39 Å². The molecule has 1 aromatic carbocycles. The summed E-state index contributed by atoms with van der Waals surface area (Å²) in [6.07, 6.45) is 2.36. The molecule has 1 atom stereocenters. The molecule has 0 saturated carbocycles. The average molecular weight is 193 g/mol. The molecule has 3 heteroatoms. The maximum atomic E-state index is 12.9. The molecular formula is C11H12FNO. The highest BCUT2D eigenvalue weighted by molar-refractivity contribution is 5.43. The summed E-state index contributed by atoms with van der Waals surface area (Å²) in [4.78, 5) is 0. The van der Waals surface area contributed by atoms with Gasteiger partial charge in [-0.1, -0.05) is 12.1 Å². The fourth-order valence-corrected chi connectivity index (χ4v) is 1.68. The molecule has 0 bridgehead atoms. The molecule has 2 nitrogen and oxygen atoms in total. The van der Waals surface area contributed by atoms with Gasteiger partial charge in [0.1, 0.15) is 11.6 Å². The first-order valence-corrected chi connectivity index (χ1v) is 4.51. The molecule has 0 aromatic heterocycles. The van der Waals surface area contributed by atoms with Gasteiger partial charge in [0.2, 0.25) is 0 Å². The van der Waals surface area contributed by atoms with Crippen LogP contribution >= 0.6 is 0 Å². The first-order chi connectivity index (χ1) is 6.65. The molecule has 0 saturated heterocycles. The molecule has 2 rings (SSSR count). The number of nitrogens with two attached hydrogens (primary N) is 1. The number of ether oxygens (including phenoxy) is 1. The zero-order chi connectivity index (χ0) is 10.2. The largest absolute Gasteiger partial charge is 0.493 e. The van der Waals surface area contributed by atoms with Crippen LogP contribution in [0.25, 0.3) is 0 Å². The van der Waals surface area contributed by atoms with Gasteiger partial charge in [0.25, 0.3) is 0 Å². The minimum Gasteiger partial charge on any atom is -0.493 e. The summed E-state index contributed by atoms with van der Waals surface area (Å²) in [6.45, 7) is 4.20. The summed E-state index contributed by atoms with van der Waals surface area (Å²) in [7, 11) is 0. The van der Waals surface area contributed by atoms with Gasteiger partial charge in [-0.25, -0.2) is 4.39 Å². The van der Waals surface area contributed by atoms with Crippen LogP contribution in [0.2, 0.25) is 0 Å². The van der Waals surface area contributed by atoms with Crippen molar-refractivity contribution in [3.8, 4) is 5.75 Å². The zero-order valence-corrected chi connectivity index (χ0v) is 7.79. The Bertz CT molecular complexity index is 378. The van der Waals surface area contributed by atoms with Crippen molar-refractivity contribution in [1.82, 2.24) is 0 Å². The normalized spacial score (nSPS) is 25.0. The molecule has 1 aliphatic heterocycles. The van der Waals surface area contributed by atoms with Gasteiger partial charge in [0.05, 0.1) is 12.1 Å². The van der Waals surface area contributed by atoms with Crippen molar-refractivity contribution in [2.45, 2.75) is 12.0 Å². The summed E-state index contributed by atoms with van der Waals surface area (Å²) in [6, 6.07) is 4.41. The lowest BCUT2D eigenvalue weighted by Crippen LogP contribution is -2.39. The Morgan fingerprint density at radius 3 is 3.07 bits per heavy atom. The van der Waals surface area contributed by atoms with E-state index in [1.165, 1.54) is 12.1 Å². The van der Waals surface area contributed by atoms with Crippen LogP contribution in [0.3, 0.4) is 0 Å². The van der Waals surface area contributed by atoms with Gasteiger partial charge in [0, 0.05) is 18.1 Å². The summed E-state index contributed by atoms with van der Waals surface area (Å²) >= 11 is 0. The van der Waals surface area contributed by atoms with E-state index < -0.39 is 5.54 Å². The molecule has 1 unspecified atom stereocenters. The van der Waals surface area contributed by atoms with Crippen LogP contribution in [-0.4, -0.2) is 6.61 Å². The molecule has 1 aliphatic rings. The van der Waals surface area contributed by atoms with Gasteiger partial charge >= 0.3 is 0 Å². The van der Waals surface area contributed by atoms with E-state index in [2.05, 4.69) is 6.58 Å². The van der Waals surface area contributed by atoms with Gasteiger partial charge < -0.3 is 10.5 Å². The highest BCUT2D eigenvalue weighted by Crippen LogP contribution is 2.36. The Hall–Kier alpha value is -1.35. The van der Waals surface area contributed by atoms with Crippen molar-refractivity contribution in [1.29, 1.82) is 0 Å². The first kappa shape index (κ1) is 9.21. The molecule has 0 amide bonds. The summed E-state index contributed by atoms with van der Waals surface area (Å²) in [5.41, 5.74) is 6.32. The molecule has 2 N–H and O–H groups in total. The van der Waals surface area contributed by atoms with E-state index in [1.807, 2.05) is 0 Å². The van der Waals surface area contributed by atoms with Crippen LogP contribution < -0.4 is 10.5 Å². The topological polar surface area (TPSA) is 35.2 Å². The second kappa shape index (κ2) is 3.10. The van der Waals surface area contributed by atoms with Crippen molar-refractivity contribution < 1.29 is 9.13 Å². The lowest BCUT2D eigenvalue weighted by atomic mass is 9.86. The third-order valence-corrected chi connectivity index (χ3v) is 2.58. The highest BCUT2D eigenvalue weighted by atomic mass is 19.1. The van der Waals surface area contributed by atoms with Crippen LogP contribution in [0.4, 0.5) is 4.39 Å². The standard InChI is InChI=1S/C11H12FNO/c1-2-11(13)5-6-14-10-7-8(12)3-4-9(10)11/h2-4,7H,1,5-6,13H2. The van der Waals surface area contributed by atoms with E-state index in [0.717, 1.165) is 5.56 Å². The number of rotatable bonds is 1. The summed E-state index contributed by atoms with van der Waals surface area (Å²) < 4.78 is 18.2. The van der Waals surface area contributed by atoms with Crippen LogP contribution in [-0.2, 0) is 5.54 Å². The van der Waals surface area contributed by atoms with Crippen LogP contribution in [0.15, 0.2) is 30.9 Å². The Labute approximate surface area is 82.2 Å². The third kappa shape index (κ3) is 1.30. The number of fused-ring (bicyclic) bond motifs is 1. The fourth-order valence-electron chi connectivity index (χ4n) is 1.68. The fraction of sp³-hybridized carbons (Fsp3) is 0.273. The van der Waals surface area contributed by atoms with Crippen LogP contribution in [0, 0.1) is 5.82 Å². The second-order valence-corrected chi connectivity index (χ2v) is 3.48. The van der Waals surface area contributed by atoms with Crippen molar-refractivity contribution in [3.63, 3.8) is 0 Å². The predicted molar refractivity (Wildman–Crippen MR) is 52.6 cm³/mol. The molecule has 1 aromatic rings. The van der Waals surface area contributed by atoms with E-state index in [-0.39, 0.29) is 5.82 Å². The van der Waals surface area contributed by atoms with E-state index >= 15 is 0 Å². The maximum absolute atomic E-state index is 12.9. The molecule has 0 spiro atoms. The van der Waals surface area contributed by atoms with Crippen LogP contribution in [0.5, 0.6) is 5.75 Å². The van der Waals surface area contributed by atoms with Gasteiger partial charge in [-0.05, 0) is 6.07 Å². The first-order valence-electron chi connectivity index (χ1n) is 4.51. The van der Waals surface area contributed by atoms with Gasteiger partial charge in [-0.15, -0.1) is 6.58 Å². The second-order valence-electron chi connectivity index (χ2n) is 3.48. The van der Waals surface area contributed by atoms with Crippen molar-refractivity contribution in [2.24, 2.45) is 5.73 Å². The van der Waals surface area contributed by atoms with Crippen molar-refractivity contribution in [3.05, 3.63) is 42.2 Å². The van der Waals surface area contributed by atoms with E-state index in [1.54, 1.807) is 12.1 Å². The molecule has 74 valence electrons. The van der Waals surface area contributed by atoms with Crippen molar-refractivity contribution >= 4 is 0 Å². The SMILES string of the molecule is C=CC1(N)CCOc2cc(F)ccc21. The minimum atomic E-state index is -0.582. The van der Waals surface area contributed by atoms with E-state index in [4.69, 9.17) is 10.5 Å². The Balaban J connectivity index is 2.55. The van der Waals surface area contributed by atoms with Gasteiger partial charge in [-0.2, -0.15) is 0 Å². The number of hydrogen-bond donors (Lipinski definition) is 1. The molecular weight excluding hydrogens is 181 g/mol. The average Bonchev–Trinajstić information content (AvgIpc) is 2.18. The number of halogens is 1. The molecule has 0 aliphatic carbocycles. The molecule has 0 radical (unpaired) electrons. The number of hydrogen-bond acceptors (Lipinski definition) is 2. The van der Waals surface area contributed by atoms with Gasteiger partial charge in [-0.3, -0.25) is 0 Å². The predicted octanol–water partition coefficient (Wildman–Crippen LogP) is 1.95.